The maximum atomic E-state index is 13.8. The van der Waals surface area contributed by atoms with E-state index >= 15 is 0 Å². The molecule has 0 aliphatic carbocycles. The molecule has 42 heavy (non-hydrogen) atoms. The van der Waals surface area contributed by atoms with Gasteiger partial charge in [-0.1, -0.05) is 48.5 Å². The SMILES string of the molecule is COc1cccc(Cn2cccc2CN(Cc2ccccc2)C(=O)CN(C(=O)c2cccc(C(F)(F)F)c2)C(C)C)c1. The number of carbonyl (C=O) groups excluding carboxylic acids is 2. The van der Waals surface area contributed by atoms with Crippen LogP contribution in [0.1, 0.15) is 46.6 Å². The lowest BCUT2D eigenvalue weighted by Crippen LogP contribution is -2.45. The highest BCUT2D eigenvalue weighted by Gasteiger charge is 2.32. The second kappa shape index (κ2) is 13.4. The van der Waals surface area contributed by atoms with E-state index in [0.29, 0.717) is 13.1 Å². The zero-order chi connectivity index (χ0) is 30.3. The number of rotatable bonds is 11. The maximum Gasteiger partial charge on any atom is 0.416 e. The average Bonchev–Trinajstić information content (AvgIpc) is 3.41. The molecule has 1 heterocycles. The Bertz CT molecular complexity index is 1500. The van der Waals surface area contributed by atoms with Gasteiger partial charge in [0.05, 0.1) is 19.2 Å². The topological polar surface area (TPSA) is 54.8 Å². The first-order valence-corrected chi connectivity index (χ1v) is 13.6. The monoisotopic (exact) mass is 577 g/mol. The summed E-state index contributed by atoms with van der Waals surface area (Å²) in [4.78, 5) is 30.2. The van der Waals surface area contributed by atoms with Gasteiger partial charge in [-0.2, -0.15) is 13.2 Å². The van der Waals surface area contributed by atoms with Gasteiger partial charge in [-0.25, -0.2) is 0 Å². The predicted octanol–water partition coefficient (Wildman–Crippen LogP) is 6.64. The molecule has 0 fully saturated rings. The average molecular weight is 578 g/mol. The molecule has 0 radical (unpaired) electrons. The number of methoxy groups -OCH3 is 1. The van der Waals surface area contributed by atoms with E-state index in [9.17, 15) is 22.8 Å². The fourth-order valence-corrected chi connectivity index (χ4v) is 4.68. The van der Waals surface area contributed by atoms with Crippen LogP contribution in [-0.2, 0) is 30.6 Å². The molecule has 0 unspecified atom stereocenters. The molecule has 3 aromatic carbocycles. The van der Waals surface area contributed by atoms with Gasteiger partial charge in [-0.3, -0.25) is 9.59 Å². The molecule has 0 N–H and O–H groups in total. The van der Waals surface area contributed by atoms with Crippen molar-refractivity contribution < 1.29 is 27.5 Å². The van der Waals surface area contributed by atoms with Gasteiger partial charge in [0, 0.05) is 36.6 Å². The molecule has 0 saturated carbocycles. The Morgan fingerprint density at radius 3 is 2.26 bits per heavy atom. The molecular formula is C33H34F3N3O3. The van der Waals surface area contributed by atoms with Crippen LogP contribution in [0.4, 0.5) is 13.2 Å². The van der Waals surface area contributed by atoms with Gasteiger partial charge >= 0.3 is 6.18 Å². The van der Waals surface area contributed by atoms with Gasteiger partial charge in [-0.05, 0) is 67.4 Å². The molecule has 1 aromatic heterocycles. The zero-order valence-electron chi connectivity index (χ0n) is 23.8. The molecule has 0 aliphatic heterocycles. The van der Waals surface area contributed by atoms with Gasteiger partial charge < -0.3 is 19.1 Å². The summed E-state index contributed by atoms with van der Waals surface area (Å²) in [5.41, 5.74) is 1.81. The minimum Gasteiger partial charge on any atom is -0.497 e. The first-order chi connectivity index (χ1) is 20.0. The second-order valence-corrected chi connectivity index (χ2v) is 10.3. The van der Waals surface area contributed by atoms with Crippen LogP contribution >= 0.6 is 0 Å². The van der Waals surface area contributed by atoms with Crippen molar-refractivity contribution in [1.82, 2.24) is 14.4 Å². The molecule has 0 aliphatic rings. The van der Waals surface area contributed by atoms with E-state index in [-0.39, 0.29) is 24.6 Å². The molecule has 0 spiro atoms. The molecule has 0 atom stereocenters. The van der Waals surface area contributed by atoms with Crippen LogP contribution in [0.15, 0.2) is 97.2 Å². The number of amides is 2. The lowest BCUT2D eigenvalue weighted by atomic mass is 10.1. The predicted molar refractivity (Wildman–Crippen MR) is 155 cm³/mol. The Morgan fingerprint density at radius 1 is 0.857 bits per heavy atom. The van der Waals surface area contributed by atoms with Gasteiger partial charge in [0.2, 0.25) is 5.91 Å². The summed E-state index contributed by atoms with van der Waals surface area (Å²) in [5, 5.41) is 0. The normalized spacial score (nSPS) is 11.4. The van der Waals surface area contributed by atoms with Crippen LogP contribution in [0.2, 0.25) is 0 Å². The third-order valence-electron chi connectivity index (χ3n) is 6.96. The van der Waals surface area contributed by atoms with E-state index in [4.69, 9.17) is 4.74 Å². The minimum atomic E-state index is -4.58. The lowest BCUT2D eigenvalue weighted by molar-refractivity contribution is -0.137. The summed E-state index contributed by atoms with van der Waals surface area (Å²) in [6.07, 6.45) is -2.64. The first kappa shape index (κ1) is 30.4. The van der Waals surface area contributed by atoms with Crippen LogP contribution in [0.25, 0.3) is 0 Å². The standard InChI is InChI=1S/C33H34F3N3O3/c1-24(2)39(32(41)27-13-8-14-28(19-27)33(34,35)36)23-31(40)38(20-25-10-5-4-6-11-25)22-29-15-9-17-37(29)21-26-12-7-16-30(18-26)42-3/h4-19,24H,20-23H2,1-3H3. The van der Waals surface area contributed by atoms with Crippen molar-refractivity contribution in [2.45, 2.75) is 45.7 Å². The van der Waals surface area contributed by atoms with E-state index in [1.807, 2.05) is 77.5 Å². The third-order valence-corrected chi connectivity index (χ3v) is 6.96. The van der Waals surface area contributed by atoms with Crippen molar-refractivity contribution in [2.24, 2.45) is 0 Å². The highest BCUT2D eigenvalue weighted by Crippen LogP contribution is 2.30. The third kappa shape index (κ3) is 7.81. The van der Waals surface area contributed by atoms with E-state index in [1.165, 1.54) is 17.0 Å². The van der Waals surface area contributed by atoms with Gasteiger partial charge in [0.25, 0.3) is 5.91 Å². The number of aromatic nitrogens is 1. The van der Waals surface area contributed by atoms with Crippen molar-refractivity contribution in [3.05, 3.63) is 125 Å². The number of hydrogen-bond acceptors (Lipinski definition) is 3. The summed E-state index contributed by atoms with van der Waals surface area (Å²) in [5.74, 6) is -0.200. The highest BCUT2D eigenvalue weighted by atomic mass is 19.4. The molecule has 9 heteroatoms. The quantitative estimate of drug-likeness (QED) is 0.201. The molecule has 6 nitrogen and oxygen atoms in total. The number of alkyl halides is 3. The number of hydrogen-bond donors (Lipinski definition) is 0. The summed E-state index contributed by atoms with van der Waals surface area (Å²) in [7, 11) is 1.62. The highest BCUT2D eigenvalue weighted by molar-refractivity contribution is 5.97. The summed E-state index contributed by atoms with van der Waals surface area (Å²) < 4.78 is 47.3. The molecule has 4 rings (SSSR count). The second-order valence-electron chi connectivity index (χ2n) is 10.3. The molecule has 0 saturated heterocycles. The maximum absolute atomic E-state index is 13.8. The number of halogens is 3. The van der Waals surface area contributed by atoms with E-state index < -0.39 is 23.7 Å². The van der Waals surface area contributed by atoms with Crippen molar-refractivity contribution in [3.63, 3.8) is 0 Å². The van der Waals surface area contributed by atoms with Crippen molar-refractivity contribution >= 4 is 11.8 Å². The molecular weight excluding hydrogens is 543 g/mol. The van der Waals surface area contributed by atoms with Gasteiger partial charge in [-0.15, -0.1) is 0 Å². The van der Waals surface area contributed by atoms with Crippen molar-refractivity contribution in [3.8, 4) is 5.75 Å². The van der Waals surface area contributed by atoms with Crippen LogP contribution in [-0.4, -0.2) is 45.9 Å². The number of ether oxygens (including phenoxy) is 1. The Labute approximate surface area is 243 Å². The van der Waals surface area contributed by atoms with Crippen LogP contribution in [0.5, 0.6) is 5.75 Å². The first-order valence-electron chi connectivity index (χ1n) is 13.6. The van der Waals surface area contributed by atoms with E-state index in [0.717, 1.165) is 34.7 Å². The molecule has 220 valence electrons. The van der Waals surface area contributed by atoms with Gasteiger partial charge in [0.15, 0.2) is 0 Å². The lowest BCUT2D eigenvalue weighted by Gasteiger charge is -2.30. The van der Waals surface area contributed by atoms with Crippen molar-refractivity contribution in [1.29, 1.82) is 0 Å². The Kier molecular flexibility index (Phi) is 9.72. The zero-order valence-corrected chi connectivity index (χ0v) is 23.8. The van der Waals surface area contributed by atoms with Crippen LogP contribution in [0, 0.1) is 0 Å². The minimum absolute atomic E-state index is 0.117. The Morgan fingerprint density at radius 2 is 1.57 bits per heavy atom. The smallest absolute Gasteiger partial charge is 0.416 e. The molecule has 2 amide bonds. The summed E-state index contributed by atoms with van der Waals surface area (Å²) >= 11 is 0. The molecule has 0 bridgehead atoms. The summed E-state index contributed by atoms with van der Waals surface area (Å²) in [6.45, 7) is 4.33. The number of carbonyl (C=O) groups is 2. The fraction of sp³-hybridized carbons (Fsp3) is 0.273. The molecule has 4 aromatic rings. The number of nitrogens with zero attached hydrogens (tertiary/aromatic N) is 3. The largest absolute Gasteiger partial charge is 0.497 e. The summed E-state index contributed by atoms with van der Waals surface area (Å²) in [6, 6.07) is 25.0. The van der Waals surface area contributed by atoms with E-state index in [2.05, 4.69) is 0 Å². The fourth-order valence-electron chi connectivity index (χ4n) is 4.68. The van der Waals surface area contributed by atoms with Crippen LogP contribution < -0.4 is 4.74 Å². The van der Waals surface area contributed by atoms with Gasteiger partial charge in [0.1, 0.15) is 12.3 Å². The number of benzene rings is 3. The van der Waals surface area contributed by atoms with Crippen molar-refractivity contribution in [2.75, 3.05) is 13.7 Å². The van der Waals surface area contributed by atoms with E-state index in [1.54, 1.807) is 25.9 Å². The Balaban J connectivity index is 1.58. The van der Waals surface area contributed by atoms with Crippen LogP contribution in [0.3, 0.4) is 0 Å². The Hall–Kier alpha value is -4.53.